The summed E-state index contributed by atoms with van der Waals surface area (Å²) in [7, 11) is 0. The van der Waals surface area contributed by atoms with Crippen LogP contribution in [0, 0.1) is 0 Å². The minimum atomic E-state index is -1.13. The Bertz CT molecular complexity index is 1020. The zero-order chi connectivity index (χ0) is 26.8. The second kappa shape index (κ2) is 21.4. The van der Waals surface area contributed by atoms with Crippen LogP contribution in [0.2, 0.25) is 0 Å². The first kappa shape index (κ1) is 36.4. The number of carboxylic acid groups (broad SMARTS) is 4. The molecule has 0 aromatic heterocycles. The van der Waals surface area contributed by atoms with E-state index >= 15 is 0 Å². The molecule has 0 radical (unpaired) electrons. The molecule has 0 N–H and O–H groups in total. The van der Waals surface area contributed by atoms with Gasteiger partial charge in [-0.3, -0.25) is 0 Å². The Morgan fingerprint density at radius 3 is 0.553 bits per heavy atom. The van der Waals surface area contributed by atoms with Gasteiger partial charge in [0, 0.05) is 0 Å². The van der Waals surface area contributed by atoms with E-state index in [0.717, 1.165) is 0 Å². The summed E-state index contributed by atoms with van der Waals surface area (Å²) in [6.07, 6.45) is 0. The van der Waals surface area contributed by atoms with Crippen LogP contribution in [-0.2, 0) is 0 Å². The minimum absolute atomic E-state index is 0. The van der Waals surface area contributed by atoms with Crippen molar-refractivity contribution in [2.45, 2.75) is 0 Å². The molecule has 0 amide bonds. The van der Waals surface area contributed by atoms with Crippen LogP contribution in [0.15, 0.2) is 121 Å². The van der Waals surface area contributed by atoms with Gasteiger partial charge in [-0.2, -0.15) is 0 Å². The van der Waals surface area contributed by atoms with Crippen molar-refractivity contribution < 1.29 is 69.2 Å². The molecule has 184 valence electrons. The number of benzene rings is 4. The Balaban J connectivity index is 0. The summed E-state index contributed by atoms with van der Waals surface area (Å²) < 4.78 is 0. The summed E-state index contributed by atoms with van der Waals surface area (Å²) in [5.74, 6) is -4.52. The summed E-state index contributed by atoms with van der Waals surface area (Å²) in [5, 5.41) is 40.4. The summed E-state index contributed by atoms with van der Waals surface area (Å²) >= 11 is 0. The normalized spacial score (nSPS) is 8.42. The molecular formula is C28H20AlNaO8. The van der Waals surface area contributed by atoms with Gasteiger partial charge >= 0.3 is 46.9 Å². The first-order valence-electron chi connectivity index (χ1n) is 10.3. The summed E-state index contributed by atoms with van der Waals surface area (Å²) in [4.78, 5) is 40.4. The fourth-order valence-corrected chi connectivity index (χ4v) is 2.30. The zero-order valence-corrected chi connectivity index (χ0v) is 23.5. The van der Waals surface area contributed by atoms with Crippen LogP contribution in [0.25, 0.3) is 0 Å². The predicted molar refractivity (Wildman–Crippen MR) is 129 cm³/mol. The average Bonchev–Trinajstić information content (AvgIpc) is 2.92. The molecule has 0 spiro atoms. The molecule has 0 aliphatic carbocycles. The van der Waals surface area contributed by atoms with Gasteiger partial charge in [0.25, 0.3) is 0 Å². The first-order valence-corrected chi connectivity index (χ1v) is 10.3. The monoisotopic (exact) mass is 534 g/mol. The molecule has 8 nitrogen and oxygen atoms in total. The number of hydrogen-bond donors (Lipinski definition) is 0. The van der Waals surface area contributed by atoms with Gasteiger partial charge in [-0.1, -0.05) is 121 Å². The van der Waals surface area contributed by atoms with Gasteiger partial charge in [0.1, 0.15) is 0 Å². The number of hydrogen-bond acceptors (Lipinski definition) is 8. The van der Waals surface area contributed by atoms with Gasteiger partial charge in [-0.15, -0.1) is 0 Å². The van der Waals surface area contributed by atoms with E-state index in [9.17, 15) is 39.6 Å². The van der Waals surface area contributed by atoms with E-state index in [4.69, 9.17) is 0 Å². The van der Waals surface area contributed by atoms with E-state index in [1.165, 1.54) is 48.5 Å². The molecule has 0 aliphatic rings. The topological polar surface area (TPSA) is 161 Å². The number of carbonyl (C=O) groups is 4. The molecule has 4 aromatic carbocycles. The van der Waals surface area contributed by atoms with Crippen molar-refractivity contribution in [2.75, 3.05) is 0 Å². The Kier molecular flexibility index (Phi) is 20.5. The Hall–Kier alpha value is -3.71. The summed E-state index contributed by atoms with van der Waals surface area (Å²) in [5.41, 5.74) is 0.880. The van der Waals surface area contributed by atoms with E-state index in [1.54, 1.807) is 72.8 Å². The number of carbonyl (C=O) groups excluding carboxylic acids is 4. The van der Waals surface area contributed by atoms with Gasteiger partial charge in [0.2, 0.25) is 0 Å². The van der Waals surface area contributed by atoms with Gasteiger partial charge < -0.3 is 39.6 Å². The van der Waals surface area contributed by atoms with Crippen LogP contribution in [0.5, 0.6) is 0 Å². The molecule has 0 saturated heterocycles. The maximum Gasteiger partial charge on any atom is 3.00 e. The minimum Gasteiger partial charge on any atom is -0.545 e. The maximum absolute atomic E-state index is 10.1. The molecule has 4 rings (SSSR count). The number of rotatable bonds is 4. The van der Waals surface area contributed by atoms with E-state index in [0.29, 0.717) is 0 Å². The third kappa shape index (κ3) is 16.1. The van der Waals surface area contributed by atoms with Crippen LogP contribution in [0.1, 0.15) is 41.4 Å². The molecule has 0 fully saturated rings. The molecule has 38 heavy (non-hydrogen) atoms. The maximum atomic E-state index is 10.1. The molecule has 0 aliphatic heterocycles. The molecule has 0 heterocycles. The van der Waals surface area contributed by atoms with Crippen LogP contribution >= 0.6 is 0 Å². The molecule has 10 heteroatoms. The fourth-order valence-electron chi connectivity index (χ4n) is 2.30. The number of aromatic carboxylic acids is 4. The molecule has 0 bridgehead atoms. The van der Waals surface area contributed by atoms with E-state index < -0.39 is 23.9 Å². The second-order valence-electron chi connectivity index (χ2n) is 6.61. The zero-order valence-electron chi connectivity index (χ0n) is 20.4. The Labute approximate surface area is 252 Å². The third-order valence-corrected chi connectivity index (χ3v) is 4.04. The van der Waals surface area contributed by atoms with E-state index in [1.807, 2.05) is 0 Å². The first-order chi connectivity index (χ1) is 17.2. The average molecular weight is 534 g/mol. The smallest absolute Gasteiger partial charge is 0.545 e. The van der Waals surface area contributed by atoms with Crippen molar-refractivity contribution in [1.29, 1.82) is 0 Å². The quantitative estimate of drug-likeness (QED) is 0.248. The fraction of sp³-hybridized carbons (Fsp3) is 0. The molecular weight excluding hydrogens is 514 g/mol. The van der Waals surface area contributed by atoms with Gasteiger partial charge in [-0.05, 0) is 22.3 Å². The van der Waals surface area contributed by atoms with Crippen molar-refractivity contribution in [1.82, 2.24) is 0 Å². The predicted octanol–water partition coefficient (Wildman–Crippen LogP) is -3.18. The van der Waals surface area contributed by atoms with E-state index in [2.05, 4.69) is 0 Å². The van der Waals surface area contributed by atoms with Crippen LogP contribution in [0.3, 0.4) is 0 Å². The van der Waals surface area contributed by atoms with Gasteiger partial charge in [-0.25, -0.2) is 0 Å². The number of carboxylic acids is 4. The molecule has 4 aromatic rings. The van der Waals surface area contributed by atoms with Crippen molar-refractivity contribution in [3.05, 3.63) is 144 Å². The second-order valence-corrected chi connectivity index (χ2v) is 6.61. The third-order valence-electron chi connectivity index (χ3n) is 4.04. The SMILES string of the molecule is O=C([O-])c1ccccc1.O=C([O-])c1ccccc1.O=C([O-])c1ccccc1.O=C([O-])c1ccccc1.[Al+3].[Na+]. The van der Waals surface area contributed by atoms with Crippen LogP contribution in [-0.4, -0.2) is 41.2 Å². The Morgan fingerprint density at radius 1 is 0.342 bits per heavy atom. The van der Waals surface area contributed by atoms with E-state index in [-0.39, 0.29) is 69.2 Å². The van der Waals surface area contributed by atoms with Crippen LogP contribution < -0.4 is 50.0 Å². The van der Waals surface area contributed by atoms with Crippen molar-refractivity contribution >= 4 is 41.2 Å². The standard InChI is InChI=1S/4C7H6O2.Al.Na/c4*8-7(9)6-4-2-1-3-5-6;;/h4*1-5H,(H,8,9);;/q;;;;+3;+1/p-4. The summed E-state index contributed by atoms with van der Waals surface area (Å²) in [6.45, 7) is 0. The summed E-state index contributed by atoms with van der Waals surface area (Å²) in [6, 6.07) is 32.3. The Morgan fingerprint density at radius 2 is 0.474 bits per heavy atom. The molecule has 0 unspecified atom stereocenters. The van der Waals surface area contributed by atoms with Gasteiger partial charge in [0.05, 0.1) is 23.9 Å². The van der Waals surface area contributed by atoms with Crippen molar-refractivity contribution in [2.24, 2.45) is 0 Å². The molecule has 0 atom stereocenters. The molecule has 0 saturated carbocycles. The van der Waals surface area contributed by atoms with Gasteiger partial charge in [0.15, 0.2) is 0 Å². The van der Waals surface area contributed by atoms with Crippen molar-refractivity contribution in [3.63, 3.8) is 0 Å². The largest absolute Gasteiger partial charge is 3.00 e. The van der Waals surface area contributed by atoms with Crippen LogP contribution in [0.4, 0.5) is 0 Å². The van der Waals surface area contributed by atoms with Crippen molar-refractivity contribution in [3.8, 4) is 0 Å².